The van der Waals surface area contributed by atoms with Crippen molar-refractivity contribution in [2.24, 2.45) is 0 Å². The van der Waals surface area contributed by atoms with Crippen LogP contribution in [0.15, 0.2) is 17.0 Å². The molecule has 16 heavy (non-hydrogen) atoms. The number of rotatable bonds is 3. The minimum absolute atomic E-state index is 0.887. The van der Waals surface area contributed by atoms with Crippen LogP contribution in [0.1, 0.15) is 5.56 Å². The van der Waals surface area contributed by atoms with Crippen molar-refractivity contribution >= 4 is 29.1 Å². The van der Waals surface area contributed by atoms with Crippen LogP contribution in [0.2, 0.25) is 5.02 Å². The van der Waals surface area contributed by atoms with E-state index in [1.54, 1.807) is 0 Å². The molecule has 1 aromatic rings. The van der Waals surface area contributed by atoms with Crippen molar-refractivity contribution in [2.45, 2.75) is 11.8 Å². The molecule has 0 aliphatic carbocycles. The Balaban J connectivity index is 2.30. The molecule has 0 fully saturated rings. The third-order valence-electron chi connectivity index (χ3n) is 2.74. The smallest absolute Gasteiger partial charge is 0.0694 e. The summed E-state index contributed by atoms with van der Waals surface area (Å²) in [6, 6.07) is 4.29. The number of benzene rings is 1. The summed E-state index contributed by atoms with van der Waals surface area (Å²) in [7, 11) is 1.98. The molecule has 0 amide bonds. The first-order valence-corrected chi connectivity index (χ1v) is 6.91. The second kappa shape index (κ2) is 5.30. The minimum Gasteiger partial charge on any atom is -0.367 e. The maximum Gasteiger partial charge on any atom is 0.0694 e. The molecule has 88 valence electrons. The van der Waals surface area contributed by atoms with Gasteiger partial charge in [-0.25, -0.2) is 0 Å². The number of nitrogens with one attached hydrogen (secondary N) is 1. The van der Waals surface area contributed by atoms with Crippen LogP contribution < -0.4 is 10.2 Å². The van der Waals surface area contributed by atoms with Gasteiger partial charge < -0.3 is 10.2 Å². The SMILES string of the molecule is CNCCN1CCSc2cc(C)cc(Cl)c21. The highest BCUT2D eigenvalue weighted by atomic mass is 35.5. The van der Waals surface area contributed by atoms with E-state index in [1.807, 2.05) is 18.8 Å². The maximum absolute atomic E-state index is 6.35. The molecule has 0 atom stereocenters. The Labute approximate surface area is 106 Å². The van der Waals surface area contributed by atoms with Gasteiger partial charge in [0, 0.05) is 30.3 Å². The van der Waals surface area contributed by atoms with Crippen LogP contribution in [0.3, 0.4) is 0 Å². The summed E-state index contributed by atoms with van der Waals surface area (Å²) in [6.07, 6.45) is 0. The van der Waals surface area contributed by atoms with Crippen LogP contribution in [-0.2, 0) is 0 Å². The molecule has 2 rings (SSSR count). The molecule has 0 radical (unpaired) electrons. The fourth-order valence-electron chi connectivity index (χ4n) is 1.97. The number of fused-ring (bicyclic) bond motifs is 1. The lowest BCUT2D eigenvalue weighted by Gasteiger charge is -2.32. The quantitative estimate of drug-likeness (QED) is 0.895. The lowest BCUT2D eigenvalue weighted by atomic mass is 10.2. The van der Waals surface area contributed by atoms with E-state index in [-0.39, 0.29) is 0 Å². The van der Waals surface area contributed by atoms with E-state index in [1.165, 1.54) is 16.1 Å². The average Bonchev–Trinajstić information content (AvgIpc) is 2.25. The largest absolute Gasteiger partial charge is 0.367 e. The molecule has 0 saturated heterocycles. The van der Waals surface area contributed by atoms with E-state index in [2.05, 4.69) is 29.3 Å². The fourth-order valence-corrected chi connectivity index (χ4v) is 3.59. The standard InChI is InChI=1S/C12H17ClN2S/c1-9-7-10(13)12-11(8-9)16-6-5-15(12)4-3-14-2/h7-8,14H,3-6H2,1-2H3. The molecular weight excluding hydrogens is 240 g/mol. The molecule has 0 bridgehead atoms. The van der Waals surface area contributed by atoms with Crippen LogP contribution in [0.25, 0.3) is 0 Å². The molecule has 2 nitrogen and oxygen atoms in total. The van der Waals surface area contributed by atoms with Gasteiger partial charge in [0.1, 0.15) is 0 Å². The predicted octanol–water partition coefficient (Wildman–Crippen LogP) is 2.78. The first-order valence-electron chi connectivity index (χ1n) is 5.55. The van der Waals surface area contributed by atoms with Crippen LogP contribution in [0.4, 0.5) is 5.69 Å². The van der Waals surface area contributed by atoms with E-state index < -0.39 is 0 Å². The number of halogens is 1. The maximum atomic E-state index is 6.35. The van der Waals surface area contributed by atoms with Crippen LogP contribution in [0, 0.1) is 6.92 Å². The minimum atomic E-state index is 0.887. The summed E-state index contributed by atoms with van der Waals surface area (Å²) in [4.78, 5) is 3.71. The highest BCUT2D eigenvalue weighted by molar-refractivity contribution is 7.99. The third kappa shape index (κ3) is 2.47. The van der Waals surface area contributed by atoms with Crippen molar-refractivity contribution in [3.8, 4) is 0 Å². The Hall–Kier alpha value is -0.380. The van der Waals surface area contributed by atoms with Gasteiger partial charge >= 0.3 is 0 Å². The molecule has 0 saturated carbocycles. The average molecular weight is 257 g/mol. The molecule has 1 aromatic carbocycles. The zero-order valence-electron chi connectivity index (χ0n) is 9.72. The molecule has 0 aromatic heterocycles. The molecule has 0 unspecified atom stereocenters. The number of nitrogens with zero attached hydrogens (tertiary/aromatic N) is 1. The molecule has 0 spiro atoms. The second-order valence-corrected chi connectivity index (χ2v) is 5.58. The molecule has 1 aliphatic rings. The van der Waals surface area contributed by atoms with E-state index in [4.69, 9.17) is 11.6 Å². The fraction of sp³-hybridized carbons (Fsp3) is 0.500. The number of aryl methyl sites for hydroxylation is 1. The molecule has 4 heteroatoms. The topological polar surface area (TPSA) is 15.3 Å². The number of thioether (sulfide) groups is 1. The molecule has 1 aliphatic heterocycles. The van der Waals surface area contributed by atoms with Gasteiger partial charge in [-0.15, -0.1) is 11.8 Å². The summed E-state index contributed by atoms with van der Waals surface area (Å²) in [5, 5.41) is 4.07. The third-order valence-corrected chi connectivity index (χ3v) is 4.04. The molecule has 1 heterocycles. The Morgan fingerprint density at radius 1 is 1.50 bits per heavy atom. The zero-order chi connectivity index (χ0) is 11.5. The summed E-state index contributed by atoms with van der Waals surface area (Å²) in [5.41, 5.74) is 2.46. The van der Waals surface area contributed by atoms with E-state index >= 15 is 0 Å². The van der Waals surface area contributed by atoms with Gasteiger partial charge in [0.2, 0.25) is 0 Å². The molecular formula is C12H17ClN2S. The summed E-state index contributed by atoms with van der Waals surface area (Å²) >= 11 is 8.25. The summed E-state index contributed by atoms with van der Waals surface area (Å²) in [6.45, 7) is 5.20. The van der Waals surface area contributed by atoms with Crippen molar-refractivity contribution in [1.82, 2.24) is 5.32 Å². The van der Waals surface area contributed by atoms with Crippen LogP contribution >= 0.6 is 23.4 Å². The Morgan fingerprint density at radius 2 is 2.31 bits per heavy atom. The summed E-state index contributed by atoms with van der Waals surface area (Å²) < 4.78 is 0. The van der Waals surface area contributed by atoms with Crippen molar-refractivity contribution in [2.75, 3.05) is 37.3 Å². The first-order chi connectivity index (χ1) is 7.72. The lowest BCUT2D eigenvalue weighted by molar-refractivity contribution is 0.731. The lowest BCUT2D eigenvalue weighted by Crippen LogP contribution is -2.35. The van der Waals surface area contributed by atoms with Gasteiger partial charge in [-0.3, -0.25) is 0 Å². The number of hydrogen-bond donors (Lipinski definition) is 1. The van der Waals surface area contributed by atoms with Gasteiger partial charge in [0.25, 0.3) is 0 Å². The van der Waals surface area contributed by atoms with Crippen LogP contribution in [0.5, 0.6) is 0 Å². The first kappa shape index (κ1) is 12.1. The predicted molar refractivity (Wildman–Crippen MR) is 73.1 cm³/mol. The van der Waals surface area contributed by atoms with Crippen molar-refractivity contribution < 1.29 is 0 Å². The number of likely N-dealkylation sites (N-methyl/N-ethyl adjacent to an activating group) is 1. The normalized spacial score (nSPS) is 15.1. The monoisotopic (exact) mass is 256 g/mol. The summed E-state index contributed by atoms with van der Waals surface area (Å²) in [5.74, 6) is 1.15. The Kier molecular flexibility index (Phi) is 4.00. The Morgan fingerprint density at radius 3 is 3.06 bits per heavy atom. The van der Waals surface area contributed by atoms with Crippen LogP contribution in [-0.4, -0.2) is 32.4 Å². The van der Waals surface area contributed by atoms with Gasteiger partial charge in [-0.2, -0.15) is 0 Å². The van der Waals surface area contributed by atoms with Gasteiger partial charge in [-0.05, 0) is 31.7 Å². The highest BCUT2D eigenvalue weighted by Crippen LogP contribution is 2.40. The van der Waals surface area contributed by atoms with Gasteiger partial charge in [-0.1, -0.05) is 11.6 Å². The highest BCUT2D eigenvalue weighted by Gasteiger charge is 2.20. The van der Waals surface area contributed by atoms with Crippen molar-refractivity contribution in [3.05, 3.63) is 22.7 Å². The van der Waals surface area contributed by atoms with Gasteiger partial charge in [0.05, 0.1) is 10.7 Å². The zero-order valence-corrected chi connectivity index (χ0v) is 11.3. The van der Waals surface area contributed by atoms with Crippen molar-refractivity contribution in [1.29, 1.82) is 0 Å². The van der Waals surface area contributed by atoms with E-state index in [9.17, 15) is 0 Å². The number of hydrogen-bond acceptors (Lipinski definition) is 3. The van der Waals surface area contributed by atoms with E-state index in [0.717, 1.165) is 30.4 Å². The van der Waals surface area contributed by atoms with Crippen molar-refractivity contribution in [3.63, 3.8) is 0 Å². The van der Waals surface area contributed by atoms with Gasteiger partial charge in [0.15, 0.2) is 0 Å². The van der Waals surface area contributed by atoms with E-state index in [0.29, 0.717) is 0 Å². The number of anilines is 1. The molecule has 1 N–H and O–H groups in total. The Bertz CT molecular complexity index is 382. The second-order valence-electron chi connectivity index (χ2n) is 4.03.